The molecule has 0 radical (unpaired) electrons. The van der Waals surface area contributed by atoms with Gasteiger partial charge in [0.15, 0.2) is 0 Å². The van der Waals surface area contributed by atoms with Crippen molar-refractivity contribution in [2.24, 2.45) is 0 Å². The minimum Gasteiger partial charge on any atom is -0.481 e. The van der Waals surface area contributed by atoms with Gasteiger partial charge in [-0.3, -0.25) is 13.8 Å². The molecule has 0 aliphatic carbocycles. The van der Waals surface area contributed by atoms with E-state index in [0.29, 0.717) is 17.4 Å². The first kappa shape index (κ1) is 32.1. The van der Waals surface area contributed by atoms with E-state index >= 15 is 0 Å². The molecule has 9 heteroatoms. The number of carbonyl (C=O) groups is 2. The fourth-order valence-corrected chi connectivity index (χ4v) is 4.91. The predicted octanol–water partition coefficient (Wildman–Crippen LogP) is 6.39. The molecule has 0 aromatic heterocycles. The summed E-state index contributed by atoms with van der Waals surface area (Å²) >= 11 is 11.5. The summed E-state index contributed by atoms with van der Waals surface area (Å²) in [6.07, 6.45) is 1.77. The third-order valence-corrected chi connectivity index (χ3v) is 7.71. The van der Waals surface area contributed by atoms with Crippen molar-refractivity contribution < 1.29 is 23.6 Å². The second-order valence-corrected chi connectivity index (χ2v) is 12.4. The number of carbonyl (C=O) groups excluding carboxylic acids is 1. The van der Waals surface area contributed by atoms with Crippen molar-refractivity contribution in [3.05, 3.63) is 70.2 Å². The summed E-state index contributed by atoms with van der Waals surface area (Å²) in [5.74, 6) is -0.372. The van der Waals surface area contributed by atoms with Crippen molar-refractivity contribution in [3.8, 4) is 0 Å². The van der Waals surface area contributed by atoms with E-state index in [-0.39, 0.29) is 29.3 Å². The van der Waals surface area contributed by atoms with Gasteiger partial charge in [0.05, 0.1) is 12.6 Å². The molecule has 1 unspecified atom stereocenters. The maximum Gasteiger partial charge on any atom is 0.300 e. The number of halogens is 2. The van der Waals surface area contributed by atoms with Crippen molar-refractivity contribution in [2.45, 2.75) is 64.3 Å². The summed E-state index contributed by atoms with van der Waals surface area (Å²) in [7, 11) is -1.02. The Labute approximate surface area is 227 Å². The minimum absolute atomic E-state index is 0.0319. The number of carboxylic acids is 1. The molecule has 200 valence electrons. The Balaban J connectivity index is 0.000000486. The molecule has 1 aliphatic heterocycles. The number of morpholine rings is 1. The quantitative estimate of drug-likeness (QED) is 0.445. The summed E-state index contributed by atoms with van der Waals surface area (Å²) in [5.41, 5.74) is 1.00. The Kier molecular flexibility index (Phi) is 14.3. The van der Waals surface area contributed by atoms with Gasteiger partial charge in [0.25, 0.3) is 5.97 Å². The third kappa shape index (κ3) is 11.9. The zero-order valence-electron chi connectivity index (χ0n) is 21.6. The van der Waals surface area contributed by atoms with E-state index in [2.05, 4.69) is 6.92 Å². The molecular formula is C27H37Cl2NO5S. The highest BCUT2D eigenvalue weighted by atomic mass is 35.5. The zero-order chi connectivity index (χ0) is 27.3. The van der Waals surface area contributed by atoms with Crippen molar-refractivity contribution in [2.75, 3.05) is 19.0 Å². The fraction of sp³-hybridized carbons (Fsp3) is 0.481. The van der Waals surface area contributed by atoms with Crippen LogP contribution in [-0.4, -0.2) is 55.8 Å². The molecule has 0 bridgehead atoms. The van der Waals surface area contributed by atoms with Gasteiger partial charge >= 0.3 is 0 Å². The molecule has 2 aromatic carbocycles. The van der Waals surface area contributed by atoms with E-state index in [1.807, 2.05) is 80.3 Å². The van der Waals surface area contributed by atoms with Gasteiger partial charge in [-0.1, -0.05) is 66.9 Å². The van der Waals surface area contributed by atoms with Gasteiger partial charge in [-0.05, 0) is 57.0 Å². The number of ether oxygens (including phenoxy) is 1. The molecule has 1 aliphatic rings. The molecule has 6 nitrogen and oxygen atoms in total. The number of hydrogen-bond acceptors (Lipinski definition) is 4. The monoisotopic (exact) mass is 557 g/mol. The molecule has 36 heavy (non-hydrogen) atoms. The van der Waals surface area contributed by atoms with Crippen molar-refractivity contribution in [1.82, 2.24) is 4.90 Å². The highest BCUT2D eigenvalue weighted by Gasteiger charge is 2.37. The van der Waals surface area contributed by atoms with E-state index in [4.69, 9.17) is 37.8 Å². The summed E-state index contributed by atoms with van der Waals surface area (Å²) in [6, 6.07) is 16.8. The lowest BCUT2D eigenvalue weighted by molar-refractivity contribution is -0.151. The fourth-order valence-electron chi connectivity index (χ4n) is 3.46. The zero-order valence-corrected chi connectivity index (χ0v) is 23.9. The largest absolute Gasteiger partial charge is 0.481 e. The SMILES string of the molecule is CC(=O)O.CCC[C@@H](CS(=O)C(C)(C)C)N1C(=O)COC[C@H]1c1ccc(Cl)cc1.Clc1ccccc1. The van der Waals surface area contributed by atoms with Crippen molar-refractivity contribution in [3.63, 3.8) is 0 Å². The van der Waals surface area contributed by atoms with Crippen LogP contribution in [0.2, 0.25) is 10.0 Å². The van der Waals surface area contributed by atoms with Gasteiger partial charge in [0.1, 0.15) is 6.61 Å². The molecule has 0 saturated carbocycles. The maximum absolute atomic E-state index is 12.7. The minimum atomic E-state index is -1.02. The van der Waals surface area contributed by atoms with Gasteiger partial charge in [-0.15, -0.1) is 0 Å². The predicted molar refractivity (Wildman–Crippen MR) is 148 cm³/mol. The van der Waals surface area contributed by atoms with Crippen LogP contribution in [0.1, 0.15) is 59.1 Å². The third-order valence-electron chi connectivity index (χ3n) is 5.15. The van der Waals surface area contributed by atoms with E-state index in [9.17, 15) is 9.00 Å². The number of carboxylic acid groups (broad SMARTS) is 1. The van der Waals surface area contributed by atoms with Crippen LogP contribution in [0.4, 0.5) is 0 Å². The smallest absolute Gasteiger partial charge is 0.300 e. The number of benzene rings is 2. The molecule has 3 atom stereocenters. The standard InChI is InChI=1S/C19H28ClNO3S.C6H5Cl.C2H4O2/c1-5-6-16(13-25(23)19(2,3)4)21-17(11-24-12-18(21)22)14-7-9-15(20)10-8-14;7-6-4-2-1-3-5-6;1-2(3)4/h7-10,16-17H,5-6,11-13H2,1-4H3;1-5H;1H3,(H,3,4)/t16-,17-,25?;;/m0../s1. The molecule has 1 N–H and O–H groups in total. The van der Waals surface area contributed by atoms with Gasteiger partial charge in [0, 0.05) is 44.3 Å². The van der Waals surface area contributed by atoms with Crippen LogP contribution >= 0.6 is 23.2 Å². The lowest BCUT2D eigenvalue weighted by Crippen LogP contribution is -2.52. The summed E-state index contributed by atoms with van der Waals surface area (Å²) in [6.45, 7) is 9.65. The lowest BCUT2D eigenvalue weighted by Gasteiger charge is -2.42. The van der Waals surface area contributed by atoms with Gasteiger partial charge in [-0.25, -0.2) is 0 Å². The average molecular weight is 559 g/mol. The van der Waals surface area contributed by atoms with E-state index < -0.39 is 16.8 Å². The molecule has 1 heterocycles. The second kappa shape index (κ2) is 16.0. The molecule has 1 fully saturated rings. The van der Waals surface area contributed by atoms with Crippen LogP contribution in [0, 0.1) is 0 Å². The normalized spacial score (nSPS) is 17.1. The van der Waals surface area contributed by atoms with E-state index in [0.717, 1.165) is 30.4 Å². The van der Waals surface area contributed by atoms with Crippen LogP contribution in [0.25, 0.3) is 0 Å². The Bertz CT molecular complexity index is 960. The molecule has 3 rings (SSSR count). The number of aliphatic carboxylic acids is 1. The summed E-state index contributed by atoms with van der Waals surface area (Å²) < 4.78 is 17.9. The lowest BCUT2D eigenvalue weighted by atomic mass is 10.0. The maximum atomic E-state index is 12.7. The molecule has 2 aromatic rings. The second-order valence-electron chi connectivity index (χ2n) is 9.27. The number of hydrogen-bond donors (Lipinski definition) is 1. The molecule has 1 saturated heterocycles. The Morgan fingerprint density at radius 3 is 2.08 bits per heavy atom. The summed E-state index contributed by atoms with van der Waals surface area (Å²) in [5, 5.41) is 8.87. The highest BCUT2D eigenvalue weighted by molar-refractivity contribution is 7.86. The van der Waals surface area contributed by atoms with Crippen LogP contribution in [-0.2, 0) is 25.1 Å². The Morgan fingerprint density at radius 1 is 1.11 bits per heavy atom. The highest BCUT2D eigenvalue weighted by Crippen LogP contribution is 2.30. The molecule has 1 amide bonds. The van der Waals surface area contributed by atoms with Crippen LogP contribution in [0.15, 0.2) is 54.6 Å². The molecular weight excluding hydrogens is 521 g/mol. The van der Waals surface area contributed by atoms with Gasteiger partial charge in [0.2, 0.25) is 5.91 Å². The number of nitrogens with zero attached hydrogens (tertiary/aromatic N) is 1. The first-order valence-corrected chi connectivity index (χ1v) is 13.9. The Hall–Kier alpha value is -1.93. The number of rotatable bonds is 6. The van der Waals surface area contributed by atoms with Gasteiger partial charge in [-0.2, -0.15) is 0 Å². The summed E-state index contributed by atoms with van der Waals surface area (Å²) in [4.78, 5) is 23.6. The van der Waals surface area contributed by atoms with Crippen molar-refractivity contribution in [1.29, 1.82) is 0 Å². The van der Waals surface area contributed by atoms with Gasteiger partial charge < -0.3 is 14.7 Å². The van der Waals surface area contributed by atoms with Crippen LogP contribution < -0.4 is 0 Å². The first-order valence-electron chi connectivity index (χ1n) is 11.8. The number of amides is 1. The van der Waals surface area contributed by atoms with E-state index in [1.54, 1.807) is 0 Å². The average Bonchev–Trinajstić information content (AvgIpc) is 2.79. The van der Waals surface area contributed by atoms with Crippen LogP contribution in [0.5, 0.6) is 0 Å². The first-order chi connectivity index (χ1) is 16.9. The van der Waals surface area contributed by atoms with Crippen LogP contribution in [0.3, 0.4) is 0 Å². The Morgan fingerprint density at radius 2 is 1.64 bits per heavy atom. The topological polar surface area (TPSA) is 83.9 Å². The van der Waals surface area contributed by atoms with E-state index in [1.165, 1.54) is 0 Å². The van der Waals surface area contributed by atoms with Crippen molar-refractivity contribution >= 4 is 45.9 Å². The molecule has 0 spiro atoms.